The summed E-state index contributed by atoms with van der Waals surface area (Å²) in [6.45, 7) is 0. The number of nitrogens with zero attached hydrogens (tertiary/aromatic N) is 3. The van der Waals surface area contributed by atoms with Crippen molar-refractivity contribution in [2.75, 3.05) is 30.5 Å². The Bertz CT molecular complexity index is 1350. The summed E-state index contributed by atoms with van der Waals surface area (Å²) in [5.74, 6) is -0.0269. The second-order valence-electron chi connectivity index (χ2n) is 7.79. The van der Waals surface area contributed by atoms with Crippen LogP contribution in [0.1, 0.15) is 11.3 Å². The molecule has 0 unspecified atom stereocenters. The Morgan fingerprint density at radius 1 is 1.06 bits per heavy atom. The molecule has 10 heteroatoms. The van der Waals surface area contributed by atoms with Crippen molar-refractivity contribution in [1.29, 1.82) is 0 Å². The SMILES string of the molecule is CN(C)C(=O)CCc1sc2ncnc(N)c2c1-c1ccc(NC(=O)Nc2cccc(F)c2)cc1. The molecule has 0 saturated carbocycles. The van der Waals surface area contributed by atoms with Gasteiger partial charge in [-0.2, -0.15) is 0 Å². The van der Waals surface area contributed by atoms with Crippen LogP contribution in [0.25, 0.3) is 21.3 Å². The molecule has 2 aromatic heterocycles. The minimum absolute atomic E-state index is 0.0336. The Balaban J connectivity index is 1.58. The molecule has 34 heavy (non-hydrogen) atoms. The van der Waals surface area contributed by atoms with Crippen LogP contribution in [0.5, 0.6) is 0 Å². The first-order valence-corrected chi connectivity index (χ1v) is 11.3. The molecule has 0 saturated heterocycles. The van der Waals surface area contributed by atoms with Crippen LogP contribution in [0.4, 0.5) is 26.4 Å². The summed E-state index contributed by atoms with van der Waals surface area (Å²) in [7, 11) is 3.46. The van der Waals surface area contributed by atoms with Crippen molar-refractivity contribution < 1.29 is 14.0 Å². The number of hydrogen-bond donors (Lipinski definition) is 3. The predicted octanol–water partition coefficient (Wildman–Crippen LogP) is 4.74. The van der Waals surface area contributed by atoms with Gasteiger partial charge in [-0.3, -0.25) is 4.79 Å². The van der Waals surface area contributed by atoms with Crippen LogP contribution < -0.4 is 16.4 Å². The fourth-order valence-electron chi connectivity index (χ4n) is 3.51. The van der Waals surface area contributed by atoms with Crippen molar-refractivity contribution in [2.24, 2.45) is 0 Å². The van der Waals surface area contributed by atoms with Crippen molar-refractivity contribution in [2.45, 2.75) is 12.8 Å². The Labute approximate surface area is 199 Å². The van der Waals surface area contributed by atoms with Gasteiger partial charge in [0.25, 0.3) is 0 Å². The summed E-state index contributed by atoms with van der Waals surface area (Å²) in [5, 5.41) is 6.08. The standard InChI is InChI=1S/C24H23FN6O2S/c1-31(2)19(32)11-10-18-20(21-22(26)27-13-28-23(21)34-18)14-6-8-16(9-7-14)29-24(33)30-17-5-3-4-15(25)12-17/h3-9,12-13H,10-11H2,1-2H3,(H2,26,27,28)(H2,29,30,33). The van der Waals surface area contributed by atoms with Crippen LogP contribution in [0.3, 0.4) is 0 Å². The molecule has 0 aliphatic rings. The summed E-state index contributed by atoms with van der Waals surface area (Å²) < 4.78 is 13.3. The van der Waals surface area contributed by atoms with E-state index in [1.54, 1.807) is 37.2 Å². The van der Waals surface area contributed by atoms with Gasteiger partial charge in [0.15, 0.2) is 0 Å². The molecule has 4 aromatic rings. The van der Waals surface area contributed by atoms with Crippen molar-refractivity contribution in [3.63, 3.8) is 0 Å². The summed E-state index contributed by atoms with van der Waals surface area (Å²) in [5.41, 5.74) is 8.85. The number of fused-ring (bicyclic) bond motifs is 1. The van der Waals surface area contributed by atoms with Crippen LogP contribution in [0.2, 0.25) is 0 Å². The topological polar surface area (TPSA) is 113 Å². The van der Waals surface area contributed by atoms with Crippen LogP contribution in [0.15, 0.2) is 54.9 Å². The Morgan fingerprint density at radius 3 is 2.50 bits per heavy atom. The summed E-state index contributed by atoms with van der Waals surface area (Å²) in [4.78, 5) is 36.2. The minimum atomic E-state index is -0.486. The van der Waals surface area contributed by atoms with Crippen LogP contribution in [-0.2, 0) is 11.2 Å². The number of aromatic nitrogens is 2. The number of amides is 3. The zero-order valence-corrected chi connectivity index (χ0v) is 19.4. The van der Waals surface area contributed by atoms with Crippen molar-refractivity contribution in [1.82, 2.24) is 14.9 Å². The van der Waals surface area contributed by atoms with E-state index in [1.165, 1.54) is 35.9 Å². The first kappa shape index (κ1) is 23.1. The molecule has 0 aliphatic heterocycles. The number of aryl methyl sites for hydroxylation is 1. The summed E-state index contributed by atoms with van der Waals surface area (Å²) in [6.07, 6.45) is 2.33. The smallest absolute Gasteiger partial charge is 0.323 e. The molecule has 174 valence electrons. The monoisotopic (exact) mass is 478 g/mol. The second-order valence-corrected chi connectivity index (χ2v) is 8.88. The molecule has 2 aromatic carbocycles. The van der Waals surface area contributed by atoms with Gasteiger partial charge in [-0.15, -0.1) is 11.3 Å². The molecule has 0 bridgehead atoms. The Kier molecular flexibility index (Phi) is 6.69. The maximum absolute atomic E-state index is 13.3. The molecule has 0 radical (unpaired) electrons. The number of hydrogen-bond acceptors (Lipinski definition) is 6. The maximum Gasteiger partial charge on any atom is 0.323 e. The fourth-order valence-corrected chi connectivity index (χ4v) is 4.68. The molecule has 4 N–H and O–H groups in total. The van der Waals surface area contributed by atoms with Gasteiger partial charge in [-0.05, 0) is 42.3 Å². The lowest BCUT2D eigenvalue weighted by Crippen LogP contribution is -2.21. The van der Waals surface area contributed by atoms with E-state index < -0.39 is 11.8 Å². The van der Waals surface area contributed by atoms with E-state index in [2.05, 4.69) is 20.6 Å². The number of nitrogens with one attached hydrogen (secondary N) is 2. The van der Waals surface area contributed by atoms with E-state index in [0.29, 0.717) is 30.0 Å². The number of carbonyl (C=O) groups is 2. The summed E-state index contributed by atoms with van der Waals surface area (Å²) in [6, 6.07) is 12.4. The number of carbonyl (C=O) groups excluding carboxylic acids is 2. The van der Waals surface area contributed by atoms with Gasteiger partial charge in [-0.1, -0.05) is 18.2 Å². The summed E-state index contributed by atoms with van der Waals surface area (Å²) >= 11 is 1.49. The van der Waals surface area contributed by atoms with Crippen LogP contribution in [-0.4, -0.2) is 40.9 Å². The molecule has 4 rings (SSSR count). The molecular formula is C24H23FN6O2S. The number of nitrogen functional groups attached to an aromatic ring is 1. The van der Waals surface area contributed by atoms with Crippen LogP contribution >= 0.6 is 11.3 Å². The van der Waals surface area contributed by atoms with Gasteiger partial charge < -0.3 is 21.3 Å². The number of urea groups is 1. The van der Waals surface area contributed by atoms with Gasteiger partial charge in [0.1, 0.15) is 22.8 Å². The van der Waals surface area contributed by atoms with E-state index >= 15 is 0 Å². The number of benzene rings is 2. The predicted molar refractivity (Wildman–Crippen MR) is 133 cm³/mol. The second kappa shape index (κ2) is 9.84. The van der Waals surface area contributed by atoms with Crippen molar-refractivity contribution in [3.8, 4) is 11.1 Å². The lowest BCUT2D eigenvalue weighted by Gasteiger charge is -2.11. The van der Waals surface area contributed by atoms with E-state index in [9.17, 15) is 14.0 Å². The highest BCUT2D eigenvalue weighted by molar-refractivity contribution is 7.19. The van der Waals surface area contributed by atoms with Gasteiger partial charge in [0.2, 0.25) is 5.91 Å². The first-order valence-electron chi connectivity index (χ1n) is 10.5. The average Bonchev–Trinajstić information content (AvgIpc) is 3.17. The van der Waals surface area contributed by atoms with Gasteiger partial charge in [-0.25, -0.2) is 19.2 Å². The zero-order chi connectivity index (χ0) is 24.2. The van der Waals surface area contributed by atoms with Gasteiger partial charge in [0, 0.05) is 42.3 Å². The number of halogens is 1. The molecule has 0 aliphatic carbocycles. The largest absolute Gasteiger partial charge is 0.383 e. The minimum Gasteiger partial charge on any atom is -0.383 e. The average molecular weight is 479 g/mol. The Morgan fingerprint density at radius 2 is 1.79 bits per heavy atom. The normalized spacial score (nSPS) is 10.8. The first-order chi connectivity index (χ1) is 16.3. The third-order valence-electron chi connectivity index (χ3n) is 5.17. The molecule has 2 heterocycles. The van der Waals surface area contributed by atoms with Gasteiger partial charge >= 0.3 is 6.03 Å². The maximum atomic E-state index is 13.3. The number of rotatable bonds is 6. The van der Waals surface area contributed by atoms with E-state index in [4.69, 9.17) is 5.73 Å². The van der Waals surface area contributed by atoms with E-state index in [-0.39, 0.29) is 5.91 Å². The Hall–Kier alpha value is -4.05. The molecule has 0 fully saturated rings. The number of thiophene rings is 1. The fraction of sp³-hybridized carbons (Fsp3) is 0.167. The van der Waals surface area contributed by atoms with Gasteiger partial charge in [0.05, 0.1) is 5.39 Å². The van der Waals surface area contributed by atoms with Crippen molar-refractivity contribution >= 4 is 50.7 Å². The molecule has 3 amide bonds. The number of nitrogens with two attached hydrogens (primary N) is 1. The highest BCUT2D eigenvalue weighted by atomic mass is 32.1. The number of anilines is 3. The highest BCUT2D eigenvalue weighted by Crippen LogP contribution is 2.41. The van der Waals surface area contributed by atoms with Crippen molar-refractivity contribution in [3.05, 3.63) is 65.6 Å². The van der Waals surface area contributed by atoms with E-state index in [1.807, 2.05) is 12.1 Å². The highest BCUT2D eigenvalue weighted by Gasteiger charge is 2.19. The molecular weight excluding hydrogens is 455 g/mol. The van der Waals surface area contributed by atoms with E-state index in [0.717, 1.165) is 26.2 Å². The quantitative estimate of drug-likeness (QED) is 0.370. The lowest BCUT2D eigenvalue weighted by molar-refractivity contribution is -0.128. The van der Waals surface area contributed by atoms with Crippen LogP contribution in [0, 0.1) is 5.82 Å². The third kappa shape index (κ3) is 5.12. The molecule has 0 spiro atoms. The lowest BCUT2D eigenvalue weighted by atomic mass is 10.0. The molecule has 0 atom stereocenters. The third-order valence-corrected chi connectivity index (χ3v) is 6.33. The molecule has 8 nitrogen and oxygen atoms in total. The zero-order valence-electron chi connectivity index (χ0n) is 18.6.